The molecule has 2 rings (SSSR count). The lowest BCUT2D eigenvalue weighted by Crippen LogP contribution is -2.31. The summed E-state index contributed by atoms with van der Waals surface area (Å²) >= 11 is 5.83. The first kappa shape index (κ1) is 17.4. The van der Waals surface area contributed by atoms with Gasteiger partial charge in [0.2, 0.25) is 0 Å². The summed E-state index contributed by atoms with van der Waals surface area (Å²) in [6.07, 6.45) is 0. The monoisotopic (exact) mass is 355 g/mol. The predicted molar refractivity (Wildman–Crippen MR) is 91.2 cm³/mol. The van der Waals surface area contributed by atoms with E-state index in [2.05, 4.69) is 0 Å². The Hall–Kier alpha value is -1.92. The minimum atomic E-state index is -3.74. The highest BCUT2D eigenvalue weighted by Crippen LogP contribution is 2.35. The second-order valence-corrected chi connectivity index (χ2v) is 6.96. The molecule has 0 N–H and O–H groups in total. The van der Waals surface area contributed by atoms with E-state index < -0.39 is 10.0 Å². The summed E-state index contributed by atoms with van der Waals surface area (Å²) in [6.45, 7) is 2.00. The first-order valence-corrected chi connectivity index (χ1v) is 8.76. The van der Waals surface area contributed by atoms with Gasteiger partial charge in [0.25, 0.3) is 10.0 Å². The molecule has 0 aromatic heterocycles. The number of hydrogen-bond acceptors (Lipinski definition) is 4. The third-order valence-corrected chi connectivity index (χ3v) is 5.50. The van der Waals surface area contributed by atoms with Crippen LogP contribution in [0.4, 0.5) is 5.69 Å². The molecule has 0 spiro atoms. The maximum atomic E-state index is 12.9. The molecular formula is C16H18ClNO4S. The van der Waals surface area contributed by atoms with Crippen molar-refractivity contribution in [2.24, 2.45) is 0 Å². The maximum Gasteiger partial charge on any atom is 0.264 e. The van der Waals surface area contributed by atoms with Gasteiger partial charge in [-0.3, -0.25) is 4.31 Å². The lowest BCUT2D eigenvalue weighted by Gasteiger charge is -2.25. The molecule has 2 aromatic carbocycles. The lowest BCUT2D eigenvalue weighted by molar-refractivity contribution is 0.404. The van der Waals surface area contributed by atoms with Crippen LogP contribution in [0.15, 0.2) is 47.4 Å². The summed E-state index contributed by atoms with van der Waals surface area (Å²) in [5, 5.41) is 0.478. The Bertz CT molecular complexity index is 775. The Balaban J connectivity index is 2.56. The third kappa shape index (κ3) is 3.54. The van der Waals surface area contributed by atoms with Gasteiger partial charge in [-0.1, -0.05) is 11.6 Å². The molecule has 0 fully saturated rings. The van der Waals surface area contributed by atoms with E-state index in [-0.39, 0.29) is 11.4 Å². The zero-order chi connectivity index (χ0) is 17.0. The molecule has 2 aromatic rings. The number of benzene rings is 2. The quantitative estimate of drug-likeness (QED) is 0.794. The van der Waals surface area contributed by atoms with E-state index in [1.807, 2.05) is 0 Å². The Kier molecular flexibility index (Phi) is 5.38. The Labute approximate surface area is 141 Å². The van der Waals surface area contributed by atoms with Crippen LogP contribution in [-0.4, -0.2) is 29.2 Å². The fraction of sp³-hybridized carbons (Fsp3) is 0.250. The van der Waals surface area contributed by atoms with Gasteiger partial charge in [0.15, 0.2) is 0 Å². The normalized spacial score (nSPS) is 11.1. The van der Waals surface area contributed by atoms with Gasteiger partial charge in [0.1, 0.15) is 11.5 Å². The summed E-state index contributed by atoms with van der Waals surface area (Å²) < 4.78 is 37.6. The molecule has 0 radical (unpaired) electrons. The molecule has 0 aliphatic carbocycles. The molecule has 0 amide bonds. The minimum Gasteiger partial charge on any atom is -0.497 e. The van der Waals surface area contributed by atoms with Gasteiger partial charge in [-0.2, -0.15) is 0 Å². The van der Waals surface area contributed by atoms with Crippen LogP contribution in [0.2, 0.25) is 5.02 Å². The first-order valence-electron chi connectivity index (χ1n) is 6.94. The molecule has 0 saturated carbocycles. The summed E-state index contributed by atoms with van der Waals surface area (Å²) in [5.74, 6) is 0.996. The van der Waals surface area contributed by atoms with Crippen LogP contribution >= 0.6 is 11.6 Å². The molecule has 0 saturated heterocycles. The van der Waals surface area contributed by atoms with Crippen molar-refractivity contribution >= 4 is 27.3 Å². The van der Waals surface area contributed by atoms with E-state index in [1.165, 1.54) is 30.7 Å². The van der Waals surface area contributed by atoms with Crippen LogP contribution in [-0.2, 0) is 10.0 Å². The van der Waals surface area contributed by atoms with Crippen molar-refractivity contribution < 1.29 is 17.9 Å². The van der Waals surface area contributed by atoms with Gasteiger partial charge in [-0.15, -0.1) is 0 Å². The minimum absolute atomic E-state index is 0.161. The second-order valence-electron chi connectivity index (χ2n) is 4.66. The summed E-state index contributed by atoms with van der Waals surface area (Å²) in [6, 6.07) is 11.1. The molecular weight excluding hydrogens is 338 g/mol. The van der Waals surface area contributed by atoms with Gasteiger partial charge >= 0.3 is 0 Å². The Morgan fingerprint density at radius 3 is 2.22 bits per heavy atom. The number of halogens is 1. The molecule has 0 heterocycles. The van der Waals surface area contributed by atoms with Crippen molar-refractivity contribution in [2.45, 2.75) is 11.8 Å². The largest absolute Gasteiger partial charge is 0.497 e. The molecule has 5 nitrogen and oxygen atoms in total. The number of sulfonamides is 1. The van der Waals surface area contributed by atoms with Crippen molar-refractivity contribution in [1.82, 2.24) is 0 Å². The van der Waals surface area contributed by atoms with E-state index in [1.54, 1.807) is 37.3 Å². The highest BCUT2D eigenvalue weighted by Gasteiger charge is 2.26. The fourth-order valence-corrected chi connectivity index (χ4v) is 3.80. The van der Waals surface area contributed by atoms with Gasteiger partial charge in [0, 0.05) is 17.6 Å². The average Bonchev–Trinajstić information content (AvgIpc) is 2.55. The standard InChI is InChI=1S/C16H18ClNO4S/c1-4-18(15-11-13(21-2)7-10-16(15)22-3)23(19,20)14-8-5-12(17)6-9-14/h5-11H,4H2,1-3H3. The fourth-order valence-electron chi connectivity index (χ4n) is 2.20. The van der Waals surface area contributed by atoms with E-state index >= 15 is 0 Å². The number of nitrogens with zero attached hydrogens (tertiary/aromatic N) is 1. The molecule has 0 atom stereocenters. The summed E-state index contributed by atoms with van der Waals surface area (Å²) in [5.41, 5.74) is 0.421. The molecule has 0 aliphatic heterocycles. The van der Waals surface area contributed by atoms with Gasteiger partial charge in [0.05, 0.1) is 24.8 Å². The van der Waals surface area contributed by atoms with Crippen LogP contribution in [0.25, 0.3) is 0 Å². The number of hydrogen-bond donors (Lipinski definition) is 0. The van der Waals surface area contributed by atoms with E-state index in [0.717, 1.165) is 0 Å². The smallest absolute Gasteiger partial charge is 0.264 e. The Morgan fingerprint density at radius 1 is 1.04 bits per heavy atom. The summed E-state index contributed by atoms with van der Waals surface area (Å²) in [7, 11) is -0.722. The van der Waals surface area contributed by atoms with Crippen LogP contribution in [0.1, 0.15) is 6.92 Å². The van der Waals surface area contributed by atoms with Crippen LogP contribution in [0.3, 0.4) is 0 Å². The third-order valence-electron chi connectivity index (χ3n) is 3.34. The van der Waals surface area contributed by atoms with Crippen LogP contribution in [0.5, 0.6) is 11.5 Å². The van der Waals surface area contributed by atoms with Crippen LogP contribution < -0.4 is 13.8 Å². The molecule has 124 valence electrons. The van der Waals surface area contributed by atoms with E-state index in [0.29, 0.717) is 22.2 Å². The van der Waals surface area contributed by atoms with Crippen molar-refractivity contribution in [3.63, 3.8) is 0 Å². The first-order chi connectivity index (χ1) is 10.9. The average molecular weight is 356 g/mol. The topological polar surface area (TPSA) is 55.8 Å². The van der Waals surface area contributed by atoms with Crippen molar-refractivity contribution in [3.05, 3.63) is 47.5 Å². The van der Waals surface area contributed by atoms with E-state index in [9.17, 15) is 8.42 Å². The maximum absolute atomic E-state index is 12.9. The molecule has 7 heteroatoms. The highest BCUT2D eigenvalue weighted by molar-refractivity contribution is 7.92. The molecule has 0 bridgehead atoms. The zero-order valence-corrected chi connectivity index (χ0v) is 14.7. The molecule has 23 heavy (non-hydrogen) atoms. The number of methoxy groups -OCH3 is 2. The van der Waals surface area contributed by atoms with Crippen molar-refractivity contribution in [1.29, 1.82) is 0 Å². The zero-order valence-electron chi connectivity index (χ0n) is 13.1. The number of anilines is 1. The van der Waals surface area contributed by atoms with Crippen molar-refractivity contribution in [2.75, 3.05) is 25.1 Å². The Morgan fingerprint density at radius 2 is 1.70 bits per heavy atom. The van der Waals surface area contributed by atoms with E-state index in [4.69, 9.17) is 21.1 Å². The molecule has 0 unspecified atom stereocenters. The van der Waals surface area contributed by atoms with Gasteiger partial charge < -0.3 is 9.47 Å². The SMILES string of the molecule is CCN(c1cc(OC)ccc1OC)S(=O)(=O)c1ccc(Cl)cc1. The predicted octanol–water partition coefficient (Wildman–Crippen LogP) is 3.57. The summed E-state index contributed by atoms with van der Waals surface area (Å²) in [4.78, 5) is 0.161. The number of rotatable bonds is 6. The second kappa shape index (κ2) is 7.10. The van der Waals surface area contributed by atoms with Gasteiger partial charge in [-0.05, 0) is 43.3 Å². The molecule has 0 aliphatic rings. The lowest BCUT2D eigenvalue weighted by atomic mass is 10.2. The van der Waals surface area contributed by atoms with Crippen LogP contribution in [0, 0.1) is 0 Å². The van der Waals surface area contributed by atoms with Gasteiger partial charge in [-0.25, -0.2) is 8.42 Å². The van der Waals surface area contributed by atoms with Crippen molar-refractivity contribution in [3.8, 4) is 11.5 Å². The number of ether oxygens (including phenoxy) is 2. The highest BCUT2D eigenvalue weighted by atomic mass is 35.5.